The van der Waals surface area contributed by atoms with Gasteiger partial charge in [0.2, 0.25) is 0 Å². The van der Waals surface area contributed by atoms with Crippen LogP contribution >= 0.6 is 15.9 Å². The topological polar surface area (TPSA) is 46.3 Å². The molecule has 4 heteroatoms. The van der Waals surface area contributed by atoms with Gasteiger partial charge in [-0.3, -0.25) is 4.79 Å². The number of hydrogen-bond acceptors (Lipinski definition) is 2. The number of halogens is 1. The van der Waals surface area contributed by atoms with Crippen molar-refractivity contribution in [2.45, 2.75) is 27.7 Å². The van der Waals surface area contributed by atoms with Crippen molar-refractivity contribution in [1.29, 1.82) is 0 Å². The minimum Gasteiger partial charge on any atom is -0.398 e. The fourth-order valence-electron chi connectivity index (χ4n) is 1.89. The second-order valence-electron chi connectivity index (χ2n) is 4.91. The molecular weight excluding hydrogens is 292 g/mol. The highest BCUT2D eigenvalue weighted by atomic mass is 79.9. The molecule has 3 nitrogen and oxygen atoms in total. The Morgan fingerprint density at radius 1 is 1.44 bits per heavy atom. The maximum atomic E-state index is 12.5. The molecule has 0 unspecified atom stereocenters. The summed E-state index contributed by atoms with van der Waals surface area (Å²) in [7, 11) is 0. The summed E-state index contributed by atoms with van der Waals surface area (Å²) in [6.45, 7) is 9.58. The predicted molar refractivity (Wildman–Crippen MR) is 79.7 cm³/mol. The number of carbonyl (C=O) groups excluding carboxylic acids is 1. The second kappa shape index (κ2) is 6.23. The lowest BCUT2D eigenvalue weighted by atomic mass is 10.0. The summed E-state index contributed by atoms with van der Waals surface area (Å²) >= 11 is 3.39. The highest BCUT2D eigenvalue weighted by molar-refractivity contribution is 9.10. The number of nitrogen functional groups attached to an aromatic ring is 1. The number of hydrogen-bond donors (Lipinski definition) is 1. The molecule has 0 aromatic heterocycles. The summed E-state index contributed by atoms with van der Waals surface area (Å²) < 4.78 is 0.842. The summed E-state index contributed by atoms with van der Waals surface area (Å²) in [5.41, 5.74) is 8.08. The molecule has 0 heterocycles. The van der Waals surface area contributed by atoms with Gasteiger partial charge in [0, 0.05) is 28.8 Å². The quantitative estimate of drug-likeness (QED) is 0.865. The van der Waals surface area contributed by atoms with E-state index >= 15 is 0 Å². The van der Waals surface area contributed by atoms with Gasteiger partial charge in [0.15, 0.2) is 0 Å². The molecule has 0 aliphatic rings. The van der Waals surface area contributed by atoms with Gasteiger partial charge in [0.1, 0.15) is 0 Å². The molecule has 1 aromatic carbocycles. The van der Waals surface area contributed by atoms with Gasteiger partial charge in [-0.2, -0.15) is 0 Å². The summed E-state index contributed by atoms with van der Waals surface area (Å²) in [5, 5.41) is 0. The van der Waals surface area contributed by atoms with Crippen LogP contribution in [0.25, 0.3) is 0 Å². The average Bonchev–Trinajstić information content (AvgIpc) is 2.29. The van der Waals surface area contributed by atoms with Crippen molar-refractivity contribution < 1.29 is 4.79 Å². The standard InChI is InChI=1S/C14H21BrN2O/c1-5-17(8-9(2)3)14(18)12-6-11(15)7-13(16)10(12)4/h6-7,9H,5,8,16H2,1-4H3. The molecule has 18 heavy (non-hydrogen) atoms. The smallest absolute Gasteiger partial charge is 0.254 e. The lowest BCUT2D eigenvalue weighted by Crippen LogP contribution is -2.34. The van der Waals surface area contributed by atoms with Crippen molar-refractivity contribution in [2.75, 3.05) is 18.8 Å². The molecule has 1 amide bonds. The van der Waals surface area contributed by atoms with E-state index in [0.717, 1.165) is 16.6 Å². The van der Waals surface area contributed by atoms with Gasteiger partial charge in [-0.1, -0.05) is 29.8 Å². The Morgan fingerprint density at radius 3 is 2.56 bits per heavy atom. The number of benzene rings is 1. The Labute approximate surface area is 117 Å². The van der Waals surface area contributed by atoms with Crippen molar-refractivity contribution in [1.82, 2.24) is 4.90 Å². The highest BCUT2D eigenvalue weighted by Crippen LogP contribution is 2.24. The molecule has 0 radical (unpaired) electrons. The van der Waals surface area contributed by atoms with E-state index in [1.165, 1.54) is 0 Å². The number of anilines is 1. The predicted octanol–water partition coefficient (Wildman–Crippen LogP) is 3.46. The first-order valence-corrected chi connectivity index (χ1v) is 7.01. The van der Waals surface area contributed by atoms with E-state index in [0.29, 0.717) is 23.7 Å². The number of nitrogens with zero attached hydrogens (tertiary/aromatic N) is 1. The largest absolute Gasteiger partial charge is 0.398 e. The highest BCUT2D eigenvalue weighted by Gasteiger charge is 2.18. The number of carbonyl (C=O) groups is 1. The van der Waals surface area contributed by atoms with Crippen molar-refractivity contribution in [3.63, 3.8) is 0 Å². The zero-order valence-electron chi connectivity index (χ0n) is 11.5. The van der Waals surface area contributed by atoms with E-state index in [1.54, 1.807) is 0 Å². The Balaban J connectivity index is 3.09. The summed E-state index contributed by atoms with van der Waals surface area (Å²) in [4.78, 5) is 14.3. The fourth-order valence-corrected chi connectivity index (χ4v) is 2.36. The molecule has 2 N–H and O–H groups in total. The van der Waals surface area contributed by atoms with Gasteiger partial charge in [-0.25, -0.2) is 0 Å². The fraction of sp³-hybridized carbons (Fsp3) is 0.500. The molecule has 1 aromatic rings. The van der Waals surface area contributed by atoms with Crippen LogP contribution in [0.5, 0.6) is 0 Å². The third-order valence-corrected chi connectivity index (χ3v) is 3.36. The van der Waals surface area contributed by atoms with Gasteiger partial charge in [-0.05, 0) is 37.5 Å². The van der Waals surface area contributed by atoms with Gasteiger partial charge in [0.25, 0.3) is 5.91 Å². The maximum absolute atomic E-state index is 12.5. The molecule has 100 valence electrons. The normalized spacial score (nSPS) is 10.8. The molecule has 0 fully saturated rings. The van der Waals surface area contributed by atoms with Crippen LogP contribution in [0.15, 0.2) is 16.6 Å². The number of nitrogens with two attached hydrogens (primary N) is 1. The molecule has 0 bridgehead atoms. The summed E-state index contributed by atoms with van der Waals surface area (Å²) in [6, 6.07) is 3.67. The van der Waals surface area contributed by atoms with Crippen LogP contribution in [-0.4, -0.2) is 23.9 Å². The zero-order chi connectivity index (χ0) is 13.9. The van der Waals surface area contributed by atoms with Crippen LogP contribution < -0.4 is 5.73 Å². The van der Waals surface area contributed by atoms with Gasteiger partial charge in [-0.15, -0.1) is 0 Å². The van der Waals surface area contributed by atoms with Crippen molar-refractivity contribution in [3.05, 3.63) is 27.7 Å². The van der Waals surface area contributed by atoms with Gasteiger partial charge in [0.05, 0.1) is 0 Å². The Hall–Kier alpha value is -1.03. The lowest BCUT2D eigenvalue weighted by molar-refractivity contribution is 0.0745. The van der Waals surface area contributed by atoms with E-state index in [9.17, 15) is 4.79 Å². The second-order valence-corrected chi connectivity index (χ2v) is 5.82. The van der Waals surface area contributed by atoms with Gasteiger partial charge >= 0.3 is 0 Å². The molecular formula is C14H21BrN2O. The van der Waals surface area contributed by atoms with Crippen LogP contribution in [0.2, 0.25) is 0 Å². The first-order chi connectivity index (χ1) is 8.36. The van der Waals surface area contributed by atoms with Crippen LogP contribution in [0.4, 0.5) is 5.69 Å². The first-order valence-electron chi connectivity index (χ1n) is 6.21. The van der Waals surface area contributed by atoms with Crippen LogP contribution in [0.3, 0.4) is 0 Å². The summed E-state index contributed by atoms with van der Waals surface area (Å²) in [6.07, 6.45) is 0. The SMILES string of the molecule is CCN(CC(C)C)C(=O)c1cc(Br)cc(N)c1C. The molecule has 0 saturated carbocycles. The minimum atomic E-state index is 0.0525. The molecule has 1 rings (SSSR count). The van der Waals surface area contributed by atoms with Crippen LogP contribution in [0.1, 0.15) is 36.7 Å². The van der Waals surface area contributed by atoms with E-state index in [-0.39, 0.29) is 5.91 Å². The van der Waals surface area contributed by atoms with Crippen molar-refractivity contribution in [3.8, 4) is 0 Å². The van der Waals surface area contributed by atoms with Crippen molar-refractivity contribution in [2.24, 2.45) is 5.92 Å². The van der Waals surface area contributed by atoms with Crippen LogP contribution in [0, 0.1) is 12.8 Å². The maximum Gasteiger partial charge on any atom is 0.254 e. The van der Waals surface area contributed by atoms with E-state index in [2.05, 4.69) is 29.8 Å². The van der Waals surface area contributed by atoms with Gasteiger partial charge < -0.3 is 10.6 Å². The molecule has 0 aliphatic heterocycles. The third kappa shape index (κ3) is 3.48. The molecule has 0 spiro atoms. The Morgan fingerprint density at radius 2 is 2.06 bits per heavy atom. The summed E-state index contributed by atoms with van der Waals surface area (Å²) in [5.74, 6) is 0.510. The number of amides is 1. The van der Waals surface area contributed by atoms with E-state index in [4.69, 9.17) is 5.73 Å². The van der Waals surface area contributed by atoms with Crippen LogP contribution in [-0.2, 0) is 0 Å². The van der Waals surface area contributed by atoms with Crippen molar-refractivity contribution >= 4 is 27.5 Å². The number of rotatable bonds is 4. The zero-order valence-corrected chi connectivity index (χ0v) is 13.0. The van der Waals surface area contributed by atoms with E-state index in [1.807, 2.05) is 30.9 Å². The Kier molecular flexibility index (Phi) is 5.20. The third-order valence-electron chi connectivity index (χ3n) is 2.90. The average molecular weight is 313 g/mol. The molecule has 0 saturated heterocycles. The first kappa shape index (κ1) is 15.0. The molecule has 0 aliphatic carbocycles. The lowest BCUT2D eigenvalue weighted by Gasteiger charge is -2.24. The monoisotopic (exact) mass is 312 g/mol. The molecule has 0 atom stereocenters. The van der Waals surface area contributed by atoms with E-state index < -0.39 is 0 Å². The Bertz CT molecular complexity index is 444. The minimum absolute atomic E-state index is 0.0525.